The number of hydrogen-bond acceptors (Lipinski definition) is 4. The highest BCUT2D eigenvalue weighted by Gasteiger charge is 2.16. The lowest BCUT2D eigenvalue weighted by Gasteiger charge is -2.15. The zero-order chi connectivity index (χ0) is 18.1. The molecule has 0 spiro atoms. The molecule has 2 aromatic carbocycles. The first kappa shape index (κ1) is 19.1. The largest absolute Gasteiger partial charge is 0.490 e. The molecule has 0 aromatic heterocycles. The number of amides is 1. The van der Waals surface area contributed by atoms with Crippen LogP contribution in [0.3, 0.4) is 0 Å². The Kier molecular flexibility index (Phi) is 7.57. The van der Waals surface area contributed by atoms with Crippen LogP contribution in [0.25, 0.3) is 0 Å². The van der Waals surface area contributed by atoms with Crippen molar-refractivity contribution in [3.8, 4) is 11.5 Å². The normalized spacial score (nSPS) is 10.4. The van der Waals surface area contributed by atoms with Crippen molar-refractivity contribution in [1.29, 1.82) is 0 Å². The van der Waals surface area contributed by atoms with Crippen molar-refractivity contribution in [3.63, 3.8) is 0 Å². The summed E-state index contributed by atoms with van der Waals surface area (Å²) in [5.41, 5.74) is 1.43. The van der Waals surface area contributed by atoms with Crippen LogP contribution in [0.5, 0.6) is 11.5 Å². The van der Waals surface area contributed by atoms with E-state index in [0.717, 1.165) is 5.56 Å². The number of benzene rings is 2. The van der Waals surface area contributed by atoms with E-state index >= 15 is 0 Å². The van der Waals surface area contributed by atoms with Gasteiger partial charge in [-0.05, 0) is 24.6 Å². The Morgan fingerprint density at radius 2 is 1.92 bits per heavy atom. The maximum absolute atomic E-state index is 12.2. The molecule has 0 aliphatic carbocycles. The molecule has 0 bridgehead atoms. The summed E-state index contributed by atoms with van der Waals surface area (Å²) in [6.45, 7) is 3.52. The Hall–Kier alpha value is -2.24. The van der Waals surface area contributed by atoms with Crippen molar-refractivity contribution >= 4 is 17.5 Å². The van der Waals surface area contributed by atoms with Crippen molar-refractivity contribution in [2.45, 2.75) is 13.5 Å². The summed E-state index contributed by atoms with van der Waals surface area (Å²) >= 11 is 6.33. The topological polar surface area (TPSA) is 56.8 Å². The highest BCUT2D eigenvalue weighted by molar-refractivity contribution is 6.32. The van der Waals surface area contributed by atoms with Crippen LogP contribution in [-0.2, 0) is 11.3 Å². The molecule has 0 fully saturated rings. The van der Waals surface area contributed by atoms with Crippen molar-refractivity contribution in [1.82, 2.24) is 5.32 Å². The molecule has 1 amide bonds. The lowest BCUT2D eigenvalue weighted by molar-refractivity contribution is 0.0936. The first-order valence-electron chi connectivity index (χ1n) is 8.06. The molecule has 5 nitrogen and oxygen atoms in total. The summed E-state index contributed by atoms with van der Waals surface area (Å²) in [7, 11) is 1.58. The molecule has 6 heteroatoms. The molecule has 2 aromatic rings. The van der Waals surface area contributed by atoms with Crippen LogP contribution in [0, 0.1) is 0 Å². The van der Waals surface area contributed by atoms with Crippen LogP contribution in [0.4, 0.5) is 0 Å². The van der Waals surface area contributed by atoms with Gasteiger partial charge < -0.3 is 19.5 Å². The van der Waals surface area contributed by atoms with Gasteiger partial charge in [0.25, 0.3) is 5.91 Å². The van der Waals surface area contributed by atoms with Gasteiger partial charge in [0, 0.05) is 19.2 Å². The molecular formula is C19H22ClNO4. The van der Waals surface area contributed by atoms with Crippen molar-refractivity contribution in [3.05, 3.63) is 58.6 Å². The van der Waals surface area contributed by atoms with E-state index in [1.54, 1.807) is 19.2 Å². The van der Waals surface area contributed by atoms with Crippen molar-refractivity contribution in [2.75, 3.05) is 26.9 Å². The molecule has 2 rings (SSSR count). The second-order valence-corrected chi connectivity index (χ2v) is 5.65. The zero-order valence-electron chi connectivity index (χ0n) is 14.4. The lowest BCUT2D eigenvalue weighted by atomic mass is 10.2. The Morgan fingerprint density at radius 3 is 2.60 bits per heavy atom. The molecule has 0 unspecified atom stereocenters. The quantitative estimate of drug-likeness (QED) is 0.690. The van der Waals surface area contributed by atoms with Crippen molar-refractivity contribution in [2.24, 2.45) is 0 Å². The highest BCUT2D eigenvalue weighted by atomic mass is 35.5. The summed E-state index contributed by atoms with van der Waals surface area (Å²) < 4.78 is 16.4. The van der Waals surface area contributed by atoms with E-state index in [1.165, 1.54) is 0 Å². The van der Waals surface area contributed by atoms with Gasteiger partial charge in [-0.15, -0.1) is 0 Å². The highest BCUT2D eigenvalue weighted by Crippen LogP contribution is 2.37. The van der Waals surface area contributed by atoms with E-state index in [2.05, 4.69) is 5.32 Å². The predicted molar refractivity (Wildman–Crippen MR) is 97.6 cm³/mol. The predicted octanol–water partition coefficient (Wildman–Crippen LogP) is 3.69. The fourth-order valence-electron chi connectivity index (χ4n) is 2.20. The van der Waals surface area contributed by atoms with Gasteiger partial charge in [-0.3, -0.25) is 4.79 Å². The Balaban J connectivity index is 2.17. The molecule has 0 saturated carbocycles. The minimum Gasteiger partial charge on any atom is -0.490 e. The number of hydrogen-bond donors (Lipinski definition) is 1. The Morgan fingerprint density at radius 1 is 1.16 bits per heavy atom. The SMILES string of the molecule is CCOc1cc(C(=O)NCCOC)cc(Cl)c1OCc1ccccc1. The average molecular weight is 364 g/mol. The first-order valence-corrected chi connectivity index (χ1v) is 8.43. The third-order valence-electron chi connectivity index (χ3n) is 3.39. The van der Waals surface area contributed by atoms with Gasteiger partial charge in [0.1, 0.15) is 6.61 Å². The van der Waals surface area contributed by atoms with Crippen LogP contribution in [0.1, 0.15) is 22.8 Å². The van der Waals surface area contributed by atoms with Crippen LogP contribution in [0.2, 0.25) is 5.02 Å². The summed E-state index contributed by atoms with van der Waals surface area (Å²) in [6.07, 6.45) is 0. The van der Waals surface area contributed by atoms with E-state index in [4.69, 9.17) is 25.8 Å². The van der Waals surface area contributed by atoms with Gasteiger partial charge in [0.15, 0.2) is 11.5 Å². The summed E-state index contributed by atoms with van der Waals surface area (Å²) in [6, 6.07) is 13.0. The third kappa shape index (κ3) is 5.66. The van der Waals surface area contributed by atoms with Gasteiger partial charge >= 0.3 is 0 Å². The first-order chi connectivity index (χ1) is 12.2. The number of carbonyl (C=O) groups is 1. The van der Waals surface area contributed by atoms with E-state index in [9.17, 15) is 4.79 Å². The minimum atomic E-state index is -0.241. The molecule has 1 N–H and O–H groups in total. The summed E-state index contributed by atoms with van der Waals surface area (Å²) in [4.78, 5) is 12.2. The maximum Gasteiger partial charge on any atom is 0.251 e. The van der Waals surface area contributed by atoms with Gasteiger partial charge in [-0.2, -0.15) is 0 Å². The van der Waals surface area contributed by atoms with E-state index in [1.807, 2.05) is 37.3 Å². The third-order valence-corrected chi connectivity index (χ3v) is 3.67. The molecule has 0 heterocycles. The molecule has 0 aliphatic rings. The summed E-state index contributed by atoms with van der Waals surface area (Å²) in [5.74, 6) is 0.637. The second kappa shape index (κ2) is 9.91. The smallest absolute Gasteiger partial charge is 0.251 e. The van der Waals surface area contributed by atoms with E-state index < -0.39 is 0 Å². The van der Waals surface area contributed by atoms with Crippen LogP contribution >= 0.6 is 11.6 Å². The second-order valence-electron chi connectivity index (χ2n) is 5.24. The van der Waals surface area contributed by atoms with Gasteiger partial charge in [-0.1, -0.05) is 41.9 Å². The monoisotopic (exact) mass is 363 g/mol. The number of carbonyl (C=O) groups excluding carboxylic acids is 1. The van der Waals surface area contributed by atoms with Gasteiger partial charge in [0.05, 0.1) is 18.2 Å². The van der Waals surface area contributed by atoms with Gasteiger partial charge in [0.2, 0.25) is 0 Å². The Bertz CT molecular complexity index is 691. The molecule has 0 aliphatic heterocycles. The molecule has 0 saturated heterocycles. The Labute approximate surface area is 152 Å². The lowest BCUT2D eigenvalue weighted by Crippen LogP contribution is -2.27. The number of halogens is 1. The molecule has 25 heavy (non-hydrogen) atoms. The van der Waals surface area contributed by atoms with Crippen LogP contribution in [0.15, 0.2) is 42.5 Å². The number of nitrogens with one attached hydrogen (secondary N) is 1. The standard InChI is InChI=1S/C19H22ClNO4/c1-3-24-17-12-15(19(22)21-9-10-23-2)11-16(20)18(17)25-13-14-7-5-4-6-8-14/h4-8,11-12H,3,9-10,13H2,1-2H3,(H,21,22). The number of rotatable bonds is 9. The van der Waals surface area contributed by atoms with Crippen LogP contribution in [-0.4, -0.2) is 32.8 Å². The number of methoxy groups -OCH3 is 1. The van der Waals surface area contributed by atoms with Crippen LogP contribution < -0.4 is 14.8 Å². The molecular weight excluding hydrogens is 342 g/mol. The minimum absolute atomic E-state index is 0.241. The number of ether oxygens (including phenoxy) is 3. The maximum atomic E-state index is 12.2. The average Bonchev–Trinajstić information content (AvgIpc) is 2.62. The molecule has 0 radical (unpaired) electrons. The fraction of sp³-hybridized carbons (Fsp3) is 0.316. The summed E-state index contributed by atoms with van der Waals surface area (Å²) in [5, 5.41) is 3.09. The fourth-order valence-corrected chi connectivity index (χ4v) is 2.47. The van der Waals surface area contributed by atoms with E-state index in [0.29, 0.717) is 48.5 Å². The zero-order valence-corrected chi connectivity index (χ0v) is 15.1. The van der Waals surface area contributed by atoms with Crippen molar-refractivity contribution < 1.29 is 19.0 Å². The van der Waals surface area contributed by atoms with E-state index in [-0.39, 0.29) is 5.91 Å². The molecule has 134 valence electrons. The molecule has 0 atom stereocenters. The van der Waals surface area contributed by atoms with Gasteiger partial charge in [-0.25, -0.2) is 0 Å².